The van der Waals surface area contributed by atoms with E-state index in [2.05, 4.69) is 16.0 Å². The van der Waals surface area contributed by atoms with E-state index in [-0.39, 0.29) is 43.8 Å². The van der Waals surface area contributed by atoms with Crippen molar-refractivity contribution >= 4 is 41.4 Å². The van der Waals surface area contributed by atoms with Crippen molar-refractivity contribution in [3.63, 3.8) is 0 Å². The molecule has 0 aliphatic carbocycles. The van der Waals surface area contributed by atoms with Crippen LogP contribution in [0.1, 0.15) is 63.6 Å². The minimum absolute atomic E-state index is 0.0157. The number of amides is 6. The third-order valence-corrected chi connectivity index (χ3v) is 11.6. The average Bonchev–Trinajstić information content (AvgIpc) is 3.95. The smallest absolute Gasteiger partial charge is 0.329 e. The third-order valence-electron chi connectivity index (χ3n) is 11.6. The minimum Gasteiger partial charge on any atom is -0.493 e. The van der Waals surface area contributed by atoms with E-state index in [1.165, 1.54) is 37.6 Å². The maximum atomic E-state index is 14.7. The molecular weight excluding hydrogens is 786 g/mol. The van der Waals surface area contributed by atoms with Crippen molar-refractivity contribution < 1.29 is 56.9 Å². The largest absolute Gasteiger partial charge is 0.493 e. The SMILES string of the molecule is C[C@@H]1C[C@H]2C(=O)O[C@@H](C)[C@H](NC(=O)[C@H](Cc3cc(F)cc(F)c3)NC(=O)Cc3ccc4c(c3)OCC4)C(=O)N3CCC[C@H]3C(=O)N(C)[C@@H]([C@H](C)O)C(=O)N[C@@H](C)C(=O)N2C1. The lowest BCUT2D eigenvalue weighted by molar-refractivity contribution is -0.163. The zero-order valence-electron chi connectivity index (χ0n) is 34.2. The lowest BCUT2D eigenvalue weighted by Gasteiger charge is -2.37. The molecule has 324 valence electrons. The zero-order chi connectivity index (χ0) is 43.6. The molecule has 6 amide bonds. The quantitative estimate of drug-likeness (QED) is 0.272. The first-order chi connectivity index (χ1) is 28.4. The van der Waals surface area contributed by atoms with Crippen LogP contribution in [0.4, 0.5) is 8.78 Å². The first-order valence-electron chi connectivity index (χ1n) is 20.3. The number of aliphatic hydroxyl groups excluding tert-OH is 1. The summed E-state index contributed by atoms with van der Waals surface area (Å²) < 4.78 is 40.2. The third kappa shape index (κ3) is 9.69. The maximum Gasteiger partial charge on any atom is 0.329 e. The van der Waals surface area contributed by atoms with Gasteiger partial charge in [0.05, 0.1) is 19.1 Å². The van der Waals surface area contributed by atoms with Crippen LogP contribution in [0.15, 0.2) is 36.4 Å². The van der Waals surface area contributed by atoms with Gasteiger partial charge in [0.2, 0.25) is 35.4 Å². The van der Waals surface area contributed by atoms with Gasteiger partial charge in [-0.3, -0.25) is 28.8 Å². The molecule has 0 bridgehead atoms. The fraction of sp³-hybridized carbons (Fsp3) is 0.548. The predicted octanol–water partition coefficient (Wildman–Crippen LogP) is 0.540. The van der Waals surface area contributed by atoms with Gasteiger partial charge in [0.1, 0.15) is 59.7 Å². The van der Waals surface area contributed by atoms with Crippen molar-refractivity contribution in [1.82, 2.24) is 30.7 Å². The van der Waals surface area contributed by atoms with Crippen molar-refractivity contribution in [2.45, 2.75) is 115 Å². The summed E-state index contributed by atoms with van der Waals surface area (Å²) in [6, 6.07) is -0.149. The molecule has 18 heteroatoms. The van der Waals surface area contributed by atoms with Gasteiger partial charge in [-0.05, 0) is 80.8 Å². The summed E-state index contributed by atoms with van der Waals surface area (Å²) in [5, 5.41) is 18.5. The standard InChI is InChI=1S/C42H52F2N6O10/c1-21-13-32-42(58)60-24(4)35(41(57)49-11-6-7-31(49)40(56)48(5)36(23(3)51)38(54)45-22(2)39(55)50(32)20-21)47-37(53)30(16-26-14-28(43)19-29(44)15-26)46-34(52)18-25-8-9-27-10-12-59-33(27)17-25/h8-9,14-15,17,19,21-24,30-32,35-36,51H,6-7,10-13,16,18,20H2,1-5H3,(H,45,54)(H,46,52)(H,47,53)/t21-,22+,23+,24+,30+,31+,32+,35+,36+/m1/s1. The van der Waals surface area contributed by atoms with Gasteiger partial charge in [0.15, 0.2) is 0 Å². The summed E-state index contributed by atoms with van der Waals surface area (Å²) in [5.41, 5.74) is 1.57. The average molecular weight is 839 g/mol. The van der Waals surface area contributed by atoms with Crippen molar-refractivity contribution in [1.29, 1.82) is 0 Å². The number of aliphatic hydroxyl groups is 1. The van der Waals surface area contributed by atoms with E-state index in [4.69, 9.17) is 9.47 Å². The molecule has 0 saturated carbocycles. The molecule has 9 atom stereocenters. The van der Waals surface area contributed by atoms with Gasteiger partial charge in [-0.25, -0.2) is 13.6 Å². The number of hydrogen-bond donors (Lipinski definition) is 4. The van der Waals surface area contributed by atoms with Crippen LogP contribution in [-0.4, -0.2) is 136 Å². The number of likely N-dealkylation sites (N-methyl/N-ethyl adjacent to an activating group) is 1. The highest BCUT2D eigenvalue weighted by Gasteiger charge is 2.47. The lowest BCUT2D eigenvalue weighted by Crippen LogP contribution is -2.63. The fourth-order valence-corrected chi connectivity index (χ4v) is 8.57. The summed E-state index contributed by atoms with van der Waals surface area (Å²) in [7, 11) is 1.30. The summed E-state index contributed by atoms with van der Waals surface area (Å²) in [5.74, 6) is -6.83. The Morgan fingerprint density at radius 2 is 1.67 bits per heavy atom. The summed E-state index contributed by atoms with van der Waals surface area (Å²) in [4.78, 5) is 101. The molecule has 0 radical (unpaired) electrons. The molecular formula is C42H52F2N6O10. The van der Waals surface area contributed by atoms with Crippen LogP contribution in [-0.2, 0) is 57.6 Å². The molecule has 0 aromatic heterocycles. The molecule has 4 aliphatic heterocycles. The second-order valence-corrected chi connectivity index (χ2v) is 16.3. The molecule has 16 nitrogen and oxygen atoms in total. The number of nitrogens with zero attached hydrogens (tertiary/aromatic N) is 3. The van der Waals surface area contributed by atoms with Crippen LogP contribution in [0.2, 0.25) is 0 Å². The summed E-state index contributed by atoms with van der Waals surface area (Å²) in [6.07, 6.45) is -2.02. The normalized spacial score (nSPS) is 27.3. The molecule has 2 aromatic carbocycles. The second kappa shape index (κ2) is 18.3. The van der Waals surface area contributed by atoms with E-state index in [0.29, 0.717) is 30.4 Å². The number of halogens is 2. The van der Waals surface area contributed by atoms with Crippen LogP contribution in [0.5, 0.6) is 5.75 Å². The Kier molecular flexibility index (Phi) is 13.4. The topological polar surface area (TPSA) is 204 Å². The van der Waals surface area contributed by atoms with E-state index < -0.39 is 108 Å². The van der Waals surface area contributed by atoms with Crippen LogP contribution >= 0.6 is 0 Å². The Morgan fingerprint density at radius 1 is 0.950 bits per heavy atom. The first-order valence-corrected chi connectivity index (χ1v) is 20.3. The number of carbonyl (C=O) groups is 7. The zero-order valence-corrected chi connectivity index (χ0v) is 34.2. The molecule has 6 rings (SSSR count). The molecule has 0 unspecified atom stereocenters. The number of fused-ring (bicyclic) bond motifs is 3. The van der Waals surface area contributed by atoms with Gasteiger partial charge in [-0.15, -0.1) is 0 Å². The predicted molar refractivity (Wildman–Crippen MR) is 209 cm³/mol. The first kappa shape index (κ1) is 43.9. The van der Waals surface area contributed by atoms with Crippen LogP contribution in [0, 0.1) is 17.6 Å². The molecule has 0 spiro atoms. The monoisotopic (exact) mass is 838 g/mol. The Balaban J connectivity index is 1.33. The number of nitrogens with one attached hydrogen (secondary N) is 3. The Bertz CT molecular complexity index is 2010. The van der Waals surface area contributed by atoms with E-state index in [9.17, 15) is 47.4 Å². The van der Waals surface area contributed by atoms with Crippen LogP contribution in [0.3, 0.4) is 0 Å². The molecule has 4 N–H and O–H groups in total. The fourth-order valence-electron chi connectivity index (χ4n) is 8.57. The van der Waals surface area contributed by atoms with Gasteiger partial charge in [-0.1, -0.05) is 19.1 Å². The van der Waals surface area contributed by atoms with Crippen LogP contribution in [0.25, 0.3) is 0 Å². The Hall–Kier alpha value is -5.65. The van der Waals surface area contributed by atoms with Crippen molar-refractivity contribution in [2.24, 2.45) is 5.92 Å². The molecule has 4 heterocycles. The van der Waals surface area contributed by atoms with Gasteiger partial charge in [0, 0.05) is 39.0 Å². The number of hydrogen-bond acceptors (Lipinski definition) is 10. The number of rotatable bonds is 8. The number of esters is 1. The number of benzene rings is 2. The molecule has 2 aromatic rings. The number of carbonyl (C=O) groups excluding carboxylic acids is 7. The summed E-state index contributed by atoms with van der Waals surface area (Å²) >= 11 is 0. The van der Waals surface area contributed by atoms with Crippen molar-refractivity contribution in [3.8, 4) is 5.75 Å². The van der Waals surface area contributed by atoms with E-state index in [1.54, 1.807) is 12.1 Å². The molecule has 3 fully saturated rings. The van der Waals surface area contributed by atoms with E-state index in [0.717, 1.165) is 29.0 Å². The van der Waals surface area contributed by atoms with Gasteiger partial charge in [0.25, 0.3) is 0 Å². The number of ether oxygens (including phenoxy) is 2. The van der Waals surface area contributed by atoms with Gasteiger partial charge >= 0.3 is 5.97 Å². The Morgan fingerprint density at radius 3 is 2.37 bits per heavy atom. The highest BCUT2D eigenvalue weighted by atomic mass is 19.1. The molecule has 3 saturated heterocycles. The van der Waals surface area contributed by atoms with E-state index >= 15 is 0 Å². The highest BCUT2D eigenvalue weighted by molar-refractivity contribution is 5.98. The molecule has 4 aliphatic rings. The van der Waals surface area contributed by atoms with Crippen molar-refractivity contribution in [3.05, 3.63) is 64.7 Å². The van der Waals surface area contributed by atoms with Gasteiger partial charge < -0.3 is 45.2 Å². The second-order valence-electron chi connectivity index (χ2n) is 16.3. The van der Waals surface area contributed by atoms with E-state index in [1.807, 2.05) is 13.0 Å². The minimum atomic E-state index is -1.68. The van der Waals surface area contributed by atoms with Crippen molar-refractivity contribution in [2.75, 3.05) is 26.7 Å². The maximum absolute atomic E-state index is 14.7. The van der Waals surface area contributed by atoms with Gasteiger partial charge in [-0.2, -0.15) is 0 Å². The Labute approximate surface area is 346 Å². The molecule has 60 heavy (non-hydrogen) atoms. The number of cyclic esters (lactones) is 1. The van der Waals surface area contributed by atoms with Crippen LogP contribution < -0.4 is 20.7 Å². The lowest BCUT2D eigenvalue weighted by atomic mass is 10.0. The highest BCUT2D eigenvalue weighted by Crippen LogP contribution is 2.28. The summed E-state index contributed by atoms with van der Waals surface area (Å²) in [6.45, 7) is 6.60.